The number of fused-ring (bicyclic) bond motifs is 1. The number of aliphatic hydroxyl groups is 2. The third-order valence-electron chi connectivity index (χ3n) is 4.66. The molecule has 1 aliphatic heterocycles. The number of anilines is 1. The number of hydrogen-bond donors (Lipinski definition) is 3. The highest BCUT2D eigenvalue weighted by Gasteiger charge is 2.44. The standard InChI is InChI=1S/C16H22N8O4S/c1-8(4-29-16-22-21-7-23(16)2)27-3-9-11(25)12(26)15(28-9)24-6-20-10-13(17)18-5-19-14(10)24/h5-9,11-12,15,25-26H,3-4H2,1-2H3,(H2,17,18,19)/t8-,9-,11-,12-,15-/m1/s1. The molecule has 13 heteroatoms. The normalized spacial score (nSPS) is 25.7. The Balaban J connectivity index is 1.37. The third kappa shape index (κ3) is 3.91. The second-order valence-electron chi connectivity index (χ2n) is 6.81. The molecular formula is C16H22N8O4S. The van der Waals surface area contributed by atoms with Crippen LogP contribution in [0.1, 0.15) is 13.2 Å². The first-order valence-electron chi connectivity index (χ1n) is 8.98. The van der Waals surface area contributed by atoms with E-state index in [2.05, 4.69) is 25.1 Å². The fourth-order valence-electron chi connectivity index (χ4n) is 3.06. The van der Waals surface area contributed by atoms with Crippen molar-refractivity contribution in [1.82, 2.24) is 34.3 Å². The second kappa shape index (κ2) is 8.20. The molecule has 0 amide bonds. The van der Waals surface area contributed by atoms with Gasteiger partial charge in [-0.3, -0.25) is 4.57 Å². The van der Waals surface area contributed by atoms with Gasteiger partial charge in [-0.15, -0.1) is 10.2 Å². The van der Waals surface area contributed by atoms with Crippen LogP contribution in [0.15, 0.2) is 24.1 Å². The summed E-state index contributed by atoms with van der Waals surface area (Å²) in [5, 5.41) is 29.5. The van der Waals surface area contributed by atoms with Crippen LogP contribution in [0.3, 0.4) is 0 Å². The van der Waals surface area contributed by atoms with Gasteiger partial charge in [0.15, 0.2) is 22.8 Å². The minimum Gasteiger partial charge on any atom is -0.387 e. The van der Waals surface area contributed by atoms with Gasteiger partial charge in [0, 0.05) is 12.8 Å². The van der Waals surface area contributed by atoms with E-state index in [9.17, 15) is 10.2 Å². The number of aliphatic hydroxyl groups excluding tert-OH is 2. The lowest BCUT2D eigenvalue weighted by Gasteiger charge is -2.18. The largest absolute Gasteiger partial charge is 0.387 e. The summed E-state index contributed by atoms with van der Waals surface area (Å²) in [4.78, 5) is 12.2. The van der Waals surface area contributed by atoms with Gasteiger partial charge in [0.1, 0.15) is 36.5 Å². The van der Waals surface area contributed by atoms with E-state index < -0.39 is 24.5 Å². The molecule has 1 aliphatic rings. The third-order valence-corrected chi connectivity index (χ3v) is 5.92. The zero-order chi connectivity index (χ0) is 20.5. The lowest BCUT2D eigenvalue weighted by Crippen LogP contribution is -2.34. The predicted octanol–water partition coefficient (Wildman–Crippen LogP) is -0.646. The first-order valence-corrected chi connectivity index (χ1v) is 9.97. The zero-order valence-corrected chi connectivity index (χ0v) is 16.7. The van der Waals surface area contributed by atoms with Gasteiger partial charge in [-0.05, 0) is 6.92 Å². The summed E-state index contributed by atoms with van der Waals surface area (Å²) >= 11 is 1.52. The number of imidazole rings is 1. The van der Waals surface area contributed by atoms with Crippen molar-refractivity contribution in [3.8, 4) is 0 Å². The fourth-order valence-corrected chi connectivity index (χ4v) is 3.89. The van der Waals surface area contributed by atoms with E-state index in [1.54, 1.807) is 6.33 Å². The molecule has 0 bridgehead atoms. The van der Waals surface area contributed by atoms with Gasteiger partial charge in [0.05, 0.1) is 19.0 Å². The Morgan fingerprint density at radius 3 is 2.86 bits per heavy atom. The highest BCUT2D eigenvalue weighted by atomic mass is 32.2. The van der Waals surface area contributed by atoms with Gasteiger partial charge < -0.3 is 30.0 Å². The Kier molecular flexibility index (Phi) is 5.65. The van der Waals surface area contributed by atoms with Crippen molar-refractivity contribution in [1.29, 1.82) is 0 Å². The van der Waals surface area contributed by atoms with Crippen LogP contribution in [0.5, 0.6) is 0 Å². The molecule has 5 atom stereocenters. The number of thioether (sulfide) groups is 1. The molecule has 0 aromatic carbocycles. The van der Waals surface area contributed by atoms with E-state index in [-0.39, 0.29) is 18.5 Å². The van der Waals surface area contributed by atoms with E-state index >= 15 is 0 Å². The van der Waals surface area contributed by atoms with Crippen molar-refractivity contribution in [2.24, 2.45) is 7.05 Å². The Bertz CT molecular complexity index is 981. The number of nitrogens with zero attached hydrogens (tertiary/aromatic N) is 7. The Hall–Kier alpha value is -2.32. The van der Waals surface area contributed by atoms with Crippen LogP contribution >= 0.6 is 11.8 Å². The molecule has 4 rings (SSSR count). The van der Waals surface area contributed by atoms with E-state index in [0.29, 0.717) is 16.9 Å². The molecule has 29 heavy (non-hydrogen) atoms. The number of aromatic nitrogens is 7. The lowest BCUT2D eigenvalue weighted by molar-refractivity contribution is -0.0748. The van der Waals surface area contributed by atoms with Crippen molar-refractivity contribution >= 4 is 28.7 Å². The monoisotopic (exact) mass is 422 g/mol. The number of aryl methyl sites for hydroxylation is 1. The summed E-state index contributed by atoms with van der Waals surface area (Å²) in [5.74, 6) is 0.889. The molecule has 3 aromatic rings. The summed E-state index contributed by atoms with van der Waals surface area (Å²) in [6, 6.07) is 0. The highest BCUT2D eigenvalue weighted by Crippen LogP contribution is 2.32. The summed E-state index contributed by atoms with van der Waals surface area (Å²) in [6.45, 7) is 2.04. The van der Waals surface area contributed by atoms with Crippen LogP contribution in [0, 0.1) is 0 Å². The van der Waals surface area contributed by atoms with Gasteiger partial charge in [0.25, 0.3) is 0 Å². The molecule has 4 N–H and O–H groups in total. The van der Waals surface area contributed by atoms with Gasteiger partial charge >= 0.3 is 0 Å². The van der Waals surface area contributed by atoms with Crippen LogP contribution in [-0.4, -0.2) is 81.3 Å². The number of nitrogens with two attached hydrogens (primary N) is 1. The van der Waals surface area contributed by atoms with Gasteiger partial charge in [-0.2, -0.15) is 0 Å². The number of rotatable bonds is 7. The molecule has 0 unspecified atom stereocenters. The van der Waals surface area contributed by atoms with Crippen molar-refractivity contribution in [2.45, 2.75) is 42.7 Å². The molecule has 3 aromatic heterocycles. The van der Waals surface area contributed by atoms with Crippen molar-refractivity contribution < 1.29 is 19.7 Å². The van der Waals surface area contributed by atoms with Crippen LogP contribution in [0.25, 0.3) is 11.2 Å². The minimum atomic E-state index is -1.17. The summed E-state index contributed by atoms with van der Waals surface area (Å²) in [5.41, 5.74) is 6.63. The van der Waals surface area contributed by atoms with Gasteiger partial charge in [-0.1, -0.05) is 11.8 Å². The smallest absolute Gasteiger partial charge is 0.190 e. The Labute approximate surface area is 170 Å². The first-order chi connectivity index (χ1) is 14.0. The van der Waals surface area contributed by atoms with E-state index in [1.165, 1.54) is 29.0 Å². The average Bonchev–Trinajstić information content (AvgIpc) is 3.38. The molecule has 0 saturated carbocycles. The van der Waals surface area contributed by atoms with Crippen LogP contribution in [0.2, 0.25) is 0 Å². The maximum absolute atomic E-state index is 10.5. The fraction of sp³-hybridized carbons (Fsp3) is 0.562. The van der Waals surface area contributed by atoms with Crippen LogP contribution < -0.4 is 5.73 Å². The van der Waals surface area contributed by atoms with Crippen LogP contribution in [0.4, 0.5) is 5.82 Å². The molecule has 12 nitrogen and oxygen atoms in total. The van der Waals surface area contributed by atoms with Gasteiger partial charge in [0.2, 0.25) is 0 Å². The van der Waals surface area contributed by atoms with E-state index in [0.717, 1.165) is 5.16 Å². The predicted molar refractivity (Wildman–Crippen MR) is 103 cm³/mol. The van der Waals surface area contributed by atoms with Crippen molar-refractivity contribution in [3.05, 3.63) is 19.0 Å². The molecule has 0 spiro atoms. The molecular weight excluding hydrogens is 400 g/mol. The SMILES string of the molecule is C[C@H](CSc1nncn1C)OC[C@H]1O[C@@H](n2cnc3c(N)ncnc32)[C@H](O)[C@@H]1O. The number of nitrogen functional groups attached to an aromatic ring is 1. The van der Waals surface area contributed by atoms with E-state index in [1.807, 2.05) is 18.5 Å². The molecule has 0 aliphatic carbocycles. The zero-order valence-electron chi connectivity index (χ0n) is 15.9. The summed E-state index contributed by atoms with van der Waals surface area (Å²) in [6.07, 6.45) is 0.442. The number of ether oxygens (including phenoxy) is 2. The lowest BCUT2D eigenvalue weighted by atomic mass is 10.1. The maximum atomic E-state index is 10.5. The Morgan fingerprint density at radius 2 is 2.10 bits per heavy atom. The Morgan fingerprint density at radius 1 is 1.28 bits per heavy atom. The molecule has 1 saturated heterocycles. The highest BCUT2D eigenvalue weighted by molar-refractivity contribution is 7.99. The average molecular weight is 422 g/mol. The number of hydrogen-bond acceptors (Lipinski definition) is 11. The molecule has 0 radical (unpaired) electrons. The van der Waals surface area contributed by atoms with Crippen molar-refractivity contribution in [3.63, 3.8) is 0 Å². The van der Waals surface area contributed by atoms with Crippen LogP contribution in [-0.2, 0) is 16.5 Å². The van der Waals surface area contributed by atoms with Gasteiger partial charge in [-0.25, -0.2) is 15.0 Å². The maximum Gasteiger partial charge on any atom is 0.190 e. The van der Waals surface area contributed by atoms with Crippen molar-refractivity contribution in [2.75, 3.05) is 18.1 Å². The molecule has 4 heterocycles. The topological polar surface area (TPSA) is 159 Å². The first kappa shape index (κ1) is 20.0. The summed E-state index contributed by atoms with van der Waals surface area (Å²) in [7, 11) is 1.87. The minimum absolute atomic E-state index is 0.120. The quantitative estimate of drug-likeness (QED) is 0.415. The van der Waals surface area contributed by atoms with E-state index in [4.69, 9.17) is 15.2 Å². The summed E-state index contributed by atoms with van der Waals surface area (Å²) < 4.78 is 15.0. The molecule has 1 fully saturated rings. The molecule has 156 valence electrons. The second-order valence-corrected chi connectivity index (χ2v) is 7.80.